The molecule has 74 valence electrons. The van der Waals surface area contributed by atoms with E-state index in [9.17, 15) is 17.6 Å². The van der Waals surface area contributed by atoms with Crippen LogP contribution in [-0.2, 0) is 0 Å². The fourth-order valence-electron chi connectivity index (χ4n) is 0.808. The van der Waals surface area contributed by atoms with Gasteiger partial charge in [0.1, 0.15) is 0 Å². The van der Waals surface area contributed by atoms with Crippen molar-refractivity contribution in [3.8, 4) is 5.88 Å². The molecule has 0 radical (unpaired) electrons. The normalized spacial score (nSPS) is 11.3. The van der Waals surface area contributed by atoms with E-state index < -0.39 is 19.0 Å². The molecule has 0 saturated carbocycles. The van der Waals surface area contributed by atoms with Gasteiger partial charge in [0.15, 0.2) is 0 Å². The lowest BCUT2D eigenvalue weighted by Gasteiger charge is -2.07. The van der Waals surface area contributed by atoms with Crippen LogP contribution in [0.3, 0.4) is 0 Å². The Morgan fingerprint density at radius 3 is 2.46 bits per heavy atom. The molecule has 0 aliphatic heterocycles. The first-order valence-electron chi connectivity index (χ1n) is 3.29. The summed E-state index contributed by atoms with van der Waals surface area (Å²) < 4.78 is 51.5. The molecule has 0 fully saturated rings. The van der Waals surface area contributed by atoms with E-state index in [1.165, 1.54) is 6.92 Å². The summed E-state index contributed by atoms with van der Waals surface area (Å²) in [4.78, 5) is 0. The molecule has 1 rings (SSSR count). The van der Waals surface area contributed by atoms with Crippen LogP contribution in [0.1, 0.15) is 12.1 Å². The molecule has 0 amide bonds. The monoisotopic (exact) mass is 198 g/mol. The summed E-state index contributed by atoms with van der Waals surface area (Å²) >= 11 is 0. The maximum Gasteiger partial charge on any atom is 0.388 e. The van der Waals surface area contributed by atoms with Crippen LogP contribution in [0.25, 0.3) is 0 Å². The molecule has 0 aromatic carbocycles. The first kappa shape index (κ1) is 9.82. The average Bonchev–Trinajstić information content (AvgIpc) is 2.32. The highest BCUT2D eigenvalue weighted by molar-refractivity contribution is 5.22. The molecule has 7 heteroatoms. The van der Waals surface area contributed by atoms with Gasteiger partial charge in [-0.3, -0.25) is 0 Å². The van der Waals surface area contributed by atoms with Crippen LogP contribution < -0.4 is 4.74 Å². The van der Waals surface area contributed by atoms with Crippen molar-refractivity contribution in [2.75, 3.05) is 0 Å². The van der Waals surface area contributed by atoms with Crippen molar-refractivity contribution in [2.24, 2.45) is 0 Å². The van der Waals surface area contributed by atoms with E-state index in [0.717, 1.165) is 6.20 Å². The number of ether oxygens (including phenoxy) is 1. The minimum absolute atomic E-state index is 0.0987. The summed E-state index contributed by atoms with van der Waals surface area (Å²) in [6.45, 7) is -4.76. The molecule has 0 unspecified atom stereocenters. The SMILES string of the molecule is Cc1cnn(C(F)F)c1OC(F)F. The number of hydrogen-bond donors (Lipinski definition) is 0. The predicted octanol–water partition coefficient (Wildman–Crippen LogP) is 2.19. The van der Waals surface area contributed by atoms with Gasteiger partial charge in [0.2, 0.25) is 5.88 Å². The smallest absolute Gasteiger partial charge is 0.388 e. The van der Waals surface area contributed by atoms with Crippen molar-refractivity contribution < 1.29 is 22.3 Å². The van der Waals surface area contributed by atoms with Crippen LogP contribution in [0.2, 0.25) is 0 Å². The lowest BCUT2D eigenvalue weighted by molar-refractivity contribution is -0.0649. The third kappa shape index (κ3) is 2.10. The number of alkyl halides is 4. The van der Waals surface area contributed by atoms with Crippen molar-refractivity contribution in [3.63, 3.8) is 0 Å². The summed E-state index contributed by atoms with van der Waals surface area (Å²) in [5.41, 5.74) is 0.139. The zero-order valence-electron chi connectivity index (χ0n) is 6.55. The predicted molar refractivity (Wildman–Crippen MR) is 34.8 cm³/mol. The average molecular weight is 198 g/mol. The quantitative estimate of drug-likeness (QED) is 0.696. The molecule has 0 bridgehead atoms. The Morgan fingerprint density at radius 2 is 2.00 bits per heavy atom. The molecular weight excluding hydrogens is 192 g/mol. The van der Waals surface area contributed by atoms with Crippen LogP contribution in [-0.4, -0.2) is 16.4 Å². The van der Waals surface area contributed by atoms with E-state index in [2.05, 4.69) is 9.84 Å². The Bertz CT molecular complexity index is 286. The van der Waals surface area contributed by atoms with Crippen LogP contribution in [0.15, 0.2) is 6.20 Å². The second-order valence-electron chi connectivity index (χ2n) is 2.23. The standard InChI is InChI=1S/C6H6F4N2O/c1-3-2-11-12(5(7)8)4(3)13-6(9)10/h2,5-6H,1H3. The Hall–Kier alpha value is -1.27. The van der Waals surface area contributed by atoms with Crippen molar-refractivity contribution in [1.82, 2.24) is 9.78 Å². The van der Waals surface area contributed by atoms with Gasteiger partial charge in [0, 0.05) is 5.56 Å². The van der Waals surface area contributed by atoms with Crippen molar-refractivity contribution in [1.29, 1.82) is 0 Å². The van der Waals surface area contributed by atoms with Gasteiger partial charge < -0.3 is 4.74 Å². The second-order valence-corrected chi connectivity index (χ2v) is 2.23. The molecular formula is C6H6F4N2O. The summed E-state index contributed by atoms with van der Waals surface area (Å²) in [6, 6.07) is 0. The van der Waals surface area contributed by atoms with Gasteiger partial charge in [-0.25, -0.2) is 0 Å². The summed E-state index contributed by atoms with van der Waals surface area (Å²) in [5.74, 6) is -0.606. The van der Waals surface area contributed by atoms with Gasteiger partial charge in [-0.15, -0.1) is 0 Å². The van der Waals surface area contributed by atoms with Crippen molar-refractivity contribution in [3.05, 3.63) is 11.8 Å². The van der Waals surface area contributed by atoms with Crippen LogP contribution in [0.5, 0.6) is 5.88 Å². The first-order chi connectivity index (χ1) is 6.02. The van der Waals surface area contributed by atoms with E-state index in [-0.39, 0.29) is 10.2 Å². The third-order valence-corrected chi connectivity index (χ3v) is 1.31. The zero-order chi connectivity index (χ0) is 10.0. The largest absolute Gasteiger partial charge is 0.417 e. The molecule has 0 N–H and O–H groups in total. The van der Waals surface area contributed by atoms with Gasteiger partial charge in [-0.2, -0.15) is 27.3 Å². The number of hydrogen-bond acceptors (Lipinski definition) is 2. The maximum absolute atomic E-state index is 12.1. The molecule has 0 atom stereocenters. The molecule has 1 aromatic heterocycles. The Balaban J connectivity index is 2.94. The minimum atomic E-state index is -3.13. The number of aryl methyl sites for hydroxylation is 1. The maximum atomic E-state index is 12.1. The first-order valence-corrected chi connectivity index (χ1v) is 3.29. The highest BCUT2D eigenvalue weighted by Gasteiger charge is 2.19. The number of rotatable bonds is 3. The van der Waals surface area contributed by atoms with E-state index >= 15 is 0 Å². The number of aromatic nitrogens is 2. The fourth-order valence-corrected chi connectivity index (χ4v) is 0.808. The van der Waals surface area contributed by atoms with E-state index in [1.807, 2.05) is 0 Å². The summed E-state index contributed by atoms with van der Waals surface area (Å²) in [6.07, 6.45) is 1.03. The zero-order valence-corrected chi connectivity index (χ0v) is 6.55. The molecule has 0 aliphatic rings. The highest BCUT2D eigenvalue weighted by atomic mass is 19.3. The summed E-state index contributed by atoms with van der Waals surface area (Å²) in [7, 11) is 0. The topological polar surface area (TPSA) is 27.1 Å². The molecule has 1 heterocycles. The van der Waals surface area contributed by atoms with Crippen molar-refractivity contribution >= 4 is 0 Å². The molecule has 0 saturated heterocycles. The second kappa shape index (κ2) is 3.63. The Kier molecular flexibility index (Phi) is 2.74. The molecule has 13 heavy (non-hydrogen) atoms. The lowest BCUT2D eigenvalue weighted by atomic mass is 10.4. The third-order valence-electron chi connectivity index (χ3n) is 1.31. The highest BCUT2D eigenvalue weighted by Crippen LogP contribution is 2.24. The van der Waals surface area contributed by atoms with Gasteiger partial charge in [-0.1, -0.05) is 0 Å². The van der Waals surface area contributed by atoms with Crippen LogP contribution in [0.4, 0.5) is 17.6 Å². The van der Waals surface area contributed by atoms with Gasteiger partial charge in [-0.05, 0) is 6.92 Å². The van der Waals surface area contributed by atoms with E-state index in [4.69, 9.17) is 0 Å². The molecule has 0 aliphatic carbocycles. The Morgan fingerprint density at radius 1 is 1.38 bits per heavy atom. The minimum Gasteiger partial charge on any atom is -0.417 e. The van der Waals surface area contributed by atoms with Gasteiger partial charge in [0.05, 0.1) is 6.20 Å². The lowest BCUT2D eigenvalue weighted by Crippen LogP contribution is -2.10. The fraction of sp³-hybridized carbons (Fsp3) is 0.500. The van der Waals surface area contributed by atoms with Gasteiger partial charge >= 0.3 is 13.2 Å². The molecule has 3 nitrogen and oxygen atoms in total. The number of halogens is 4. The molecule has 0 spiro atoms. The van der Waals surface area contributed by atoms with E-state index in [0.29, 0.717) is 0 Å². The Labute approximate surface area is 70.9 Å². The molecule has 1 aromatic rings. The van der Waals surface area contributed by atoms with Crippen molar-refractivity contribution in [2.45, 2.75) is 20.1 Å². The van der Waals surface area contributed by atoms with E-state index in [1.54, 1.807) is 0 Å². The van der Waals surface area contributed by atoms with Crippen LogP contribution >= 0.6 is 0 Å². The van der Waals surface area contributed by atoms with Gasteiger partial charge in [0.25, 0.3) is 0 Å². The summed E-state index contributed by atoms with van der Waals surface area (Å²) in [5, 5.41) is 3.18. The number of nitrogens with zero attached hydrogens (tertiary/aromatic N) is 2. The van der Waals surface area contributed by atoms with Crippen LogP contribution in [0, 0.1) is 6.92 Å².